The van der Waals surface area contributed by atoms with Crippen LogP contribution in [0.1, 0.15) is 24.6 Å². The number of rotatable bonds is 9. The number of carbonyl (C=O) groups excluding carboxylic acids is 2. The highest BCUT2D eigenvalue weighted by atomic mass is 32.2. The summed E-state index contributed by atoms with van der Waals surface area (Å²) in [7, 11) is 1.52. The quantitative estimate of drug-likeness (QED) is 0.434. The fraction of sp³-hybridized carbons (Fsp3) is 0.368. The minimum absolute atomic E-state index is 0.0412. The molecule has 3 N–H and O–H groups in total. The number of aromatic nitrogens is 2. The fourth-order valence-corrected chi connectivity index (χ4v) is 3.14. The number of benzene rings is 1. The number of carbonyl (C=O) groups is 2. The van der Waals surface area contributed by atoms with Gasteiger partial charge in [-0.2, -0.15) is 0 Å². The van der Waals surface area contributed by atoms with Gasteiger partial charge < -0.3 is 20.4 Å². The third kappa shape index (κ3) is 6.73. The lowest BCUT2D eigenvalue weighted by Crippen LogP contribution is -2.34. The van der Waals surface area contributed by atoms with E-state index in [1.165, 1.54) is 13.2 Å². The van der Waals surface area contributed by atoms with Gasteiger partial charge in [-0.05, 0) is 31.0 Å². The van der Waals surface area contributed by atoms with Crippen molar-refractivity contribution in [1.82, 2.24) is 15.3 Å². The molecule has 1 aromatic heterocycles. The summed E-state index contributed by atoms with van der Waals surface area (Å²) in [6, 6.07) is 6.89. The Balaban J connectivity index is 1.83. The van der Waals surface area contributed by atoms with Crippen LogP contribution in [0.25, 0.3) is 0 Å². The summed E-state index contributed by atoms with van der Waals surface area (Å²) in [5.74, 6) is -0.110. The first-order valence-electron chi connectivity index (χ1n) is 8.85. The van der Waals surface area contributed by atoms with Crippen molar-refractivity contribution in [2.24, 2.45) is 0 Å². The van der Waals surface area contributed by atoms with E-state index in [0.29, 0.717) is 28.7 Å². The highest BCUT2D eigenvalue weighted by Crippen LogP contribution is 2.24. The monoisotopic (exact) mass is 404 g/mol. The number of amides is 2. The molecular formula is C19H24N4O4S. The average Bonchev–Trinajstić information content (AvgIpc) is 2.65. The predicted octanol–water partition coefficient (Wildman–Crippen LogP) is 1.89. The normalized spacial score (nSPS) is 10.4. The molecule has 1 heterocycles. The smallest absolute Gasteiger partial charge is 0.251 e. The highest BCUT2D eigenvalue weighted by molar-refractivity contribution is 7.99. The third-order valence-corrected chi connectivity index (χ3v) is 4.57. The summed E-state index contributed by atoms with van der Waals surface area (Å²) in [5.41, 5.74) is 1.97. The number of methoxy groups -OCH3 is 1. The molecule has 0 saturated carbocycles. The lowest BCUT2D eigenvalue weighted by atomic mass is 10.2. The van der Waals surface area contributed by atoms with Gasteiger partial charge in [0.1, 0.15) is 5.75 Å². The minimum Gasteiger partial charge on any atom is -0.495 e. The van der Waals surface area contributed by atoms with Gasteiger partial charge in [0.2, 0.25) is 11.8 Å². The third-order valence-electron chi connectivity index (χ3n) is 3.69. The zero-order valence-electron chi connectivity index (χ0n) is 16.1. The van der Waals surface area contributed by atoms with E-state index in [1.807, 2.05) is 19.9 Å². The van der Waals surface area contributed by atoms with Gasteiger partial charge in [0.05, 0.1) is 25.1 Å². The zero-order valence-corrected chi connectivity index (χ0v) is 16.9. The van der Waals surface area contributed by atoms with E-state index in [2.05, 4.69) is 20.6 Å². The van der Waals surface area contributed by atoms with Crippen LogP contribution in [0, 0.1) is 6.92 Å². The van der Waals surface area contributed by atoms with Crippen LogP contribution >= 0.6 is 11.8 Å². The molecule has 8 nitrogen and oxygen atoms in total. The van der Waals surface area contributed by atoms with E-state index in [1.54, 1.807) is 12.1 Å². The van der Waals surface area contributed by atoms with E-state index in [0.717, 1.165) is 23.7 Å². The molecular weight excluding hydrogens is 380 g/mol. The van der Waals surface area contributed by atoms with E-state index >= 15 is 0 Å². The molecule has 150 valence electrons. The van der Waals surface area contributed by atoms with Crippen molar-refractivity contribution < 1.29 is 14.3 Å². The van der Waals surface area contributed by atoms with Crippen molar-refractivity contribution in [3.8, 4) is 5.75 Å². The van der Waals surface area contributed by atoms with Gasteiger partial charge in [-0.1, -0.05) is 31.2 Å². The summed E-state index contributed by atoms with van der Waals surface area (Å²) in [4.78, 5) is 42.6. The molecule has 0 saturated heterocycles. The topological polar surface area (TPSA) is 113 Å². The van der Waals surface area contributed by atoms with Crippen molar-refractivity contribution in [2.45, 2.75) is 31.8 Å². The number of anilines is 1. The molecule has 2 aromatic rings. The van der Waals surface area contributed by atoms with Gasteiger partial charge in [-0.15, -0.1) is 0 Å². The number of nitrogens with zero attached hydrogens (tertiary/aromatic N) is 1. The molecule has 2 rings (SSSR count). The standard InChI is InChI=1S/C19H24N4O4S/c1-4-5-13-9-16(24)23-19(21-13)28-11-18(26)20-10-17(25)22-14-8-12(2)6-7-15(14)27-3/h6-9H,4-5,10-11H2,1-3H3,(H,20,26)(H,22,25)(H,21,23,24). The van der Waals surface area contributed by atoms with Crippen molar-refractivity contribution in [1.29, 1.82) is 0 Å². The fourth-order valence-electron chi connectivity index (χ4n) is 2.41. The Morgan fingerprint density at radius 1 is 1.25 bits per heavy atom. The second-order valence-electron chi connectivity index (χ2n) is 6.11. The van der Waals surface area contributed by atoms with Gasteiger partial charge in [-0.25, -0.2) is 4.98 Å². The van der Waals surface area contributed by atoms with Crippen LogP contribution in [0.4, 0.5) is 5.69 Å². The van der Waals surface area contributed by atoms with Crippen molar-refractivity contribution in [3.63, 3.8) is 0 Å². The Morgan fingerprint density at radius 2 is 2.04 bits per heavy atom. The van der Waals surface area contributed by atoms with Gasteiger partial charge in [-0.3, -0.25) is 14.4 Å². The second-order valence-corrected chi connectivity index (χ2v) is 7.07. The molecule has 0 atom stereocenters. The highest BCUT2D eigenvalue weighted by Gasteiger charge is 2.11. The maximum Gasteiger partial charge on any atom is 0.251 e. The number of ether oxygens (including phenoxy) is 1. The first-order valence-corrected chi connectivity index (χ1v) is 9.84. The molecule has 0 aliphatic heterocycles. The van der Waals surface area contributed by atoms with Crippen LogP contribution < -0.4 is 20.9 Å². The van der Waals surface area contributed by atoms with Crippen LogP contribution in [0.3, 0.4) is 0 Å². The molecule has 0 spiro atoms. The molecule has 0 radical (unpaired) electrons. The molecule has 0 bridgehead atoms. The summed E-state index contributed by atoms with van der Waals surface area (Å²) < 4.78 is 5.21. The number of H-pyrrole nitrogens is 1. The summed E-state index contributed by atoms with van der Waals surface area (Å²) >= 11 is 1.12. The molecule has 0 aliphatic rings. The van der Waals surface area contributed by atoms with Crippen molar-refractivity contribution in [2.75, 3.05) is 24.7 Å². The van der Waals surface area contributed by atoms with Crippen LogP contribution in [0.5, 0.6) is 5.75 Å². The Hall–Kier alpha value is -2.81. The van der Waals surface area contributed by atoms with Crippen LogP contribution in [-0.4, -0.2) is 41.2 Å². The van der Waals surface area contributed by atoms with Crippen LogP contribution in [-0.2, 0) is 16.0 Å². The first kappa shape index (κ1) is 21.5. The first-order chi connectivity index (χ1) is 13.4. The van der Waals surface area contributed by atoms with E-state index < -0.39 is 0 Å². The maximum atomic E-state index is 12.1. The number of hydrogen-bond acceptors (Lipinski definition) is 6. The van der Waals surface area contributed by atoms with Crippen LogP contribution in [0.15, 0.2) is 34.2 Å². The number of nitrogens with one attached hydrogen (secondary N) is 3. The van der Waals surface area contributed by atoms with E-state index in [9.17, 15) is 14.4 Å². The lowest BCUT2D eigenvalue weighted by molar-refractivity contribution is -0.122. The Morgan fingerprint density at radius 3 is 2.75 bits per heavy atom. The molecule has 0 unspecified atom stereocenters. The van der Waals surface area contributed by atoms with Gasteiger partial charge >= 0.3 is 0 Å². The molecule has 1 aromatic carbocycles. The van der Waals surface area contributed by atoms with Crippen LogP contribution in [0.2, 0.25) is 0 Å². The predicted molar refractivity (Wildman–Crippen MR) is 109 cm³/mol. The lowest BCUT2D eigenvalue weighted by Gasteiger charge is -2.11. The number of aryl methyl sites for hydroxylation is 2. The zero-order chi connectivity index (χ0) is 20.5. The largest absolute Gasteiger partial charge is 0.495 e. The van der Waals surface area contributed by atoms with E-state index in [-0.39, 0.29) is 29.7 Å². The molecule has 0 aliphatic carbocycles. The number of hydrogen-bond donors (Lipinski definition) is 3. The molecule has 28 heavy (non-hydrogen) atoms. The molecule has 2 amide bonds. The minimum atomic E-state index is -0.362. The van der Waals surface area contributed by atoms with Crippen molar-refractivity contribution in [3.05, 3.63) is 45.9 Å². The number of thioether (sulfide) groups is 1. The summed E-state index contributed by atoms with van der Waals surface area (Å²) in [5, 5.41) is 5.65. The summed E-state index contributed by atoms with van der Waals surface area (Å²) in [6.07, 6.45) is 1.58. The maximum absolute atomic E-state index is 12.1. The summed E-state index contributed by atoms with van der Waals surface area (Å²) in [6.45, 7) is 3.73. The number of aromatic amines is 1. The molecule has 0 fully saturated rings. The molecule has 9 heteroatoms. The Bertz CT molecular complexity index is 898. The second kappa shape index (κ2) is 10.5. The van der Waals surface area contributed by atoms with Gasteiger partial charge in [0.15, 0.2) is 5.16 Å². The Kier molecular flexibility index (Phi) is 8.06. The Labute approximate surface area is 167 Å². The van der Waals surface area contributed by atoms with E-state index in [4.69, 9.17) is 4.74 Å². The SMILES string of the molecule is CCCc1cc(=O)[nH]c(SCC(=O)NCC(=O)Nc2cc(C)ccc2OC)n1. The van der Waals surface area contributed by atoms with Crippen molar-refractivity contribution >= 4 is 29.3 Å². The van der Waals surface area contributed by atoms with Gasteiger partial charge in [0.25, 0.3) is 5.56 Å². The average molecular weight is 404 g/mol. The van der Waals surface area contributed by atoms with Gasteiger partial charge in [0, 0.05) is 11.8 Å².